The third kappa shape index (κ3) is 4.46. The van der Waals surface area contributed by atoms with Gasteiger partial charge in [0.2, 0.25) is 5.91 Å². The molecule has 1 N–H and O–H groups in total. The largest absolute Gasteiger partial charge is 0.442 e. The Morgan fingerprint density at radius 2 is 1.95 bits per heavy atom. The van der Waals surface area contributed by atoms with Crippen molar-refractivity contribution in [3.8, 4) is 17.2 Å². The summed E-state index contributed by atoms with van der Waals surface area (Å²) in [5.41, 5.74) is -0.284. The van der Waals surface area contributed by atoms with Gasteiger partial charge in [-0.25, -0.2) is 18.3 Å². The number of nitrogens with zero attached hydrogens (tertiary/aromatic N) is 7. The Hall–Kier alpha value is -4.15. The van der Waals surface area contributed by atoms with Crippen LogP contribution in [0.25, 0.3) is 11.1 Å². The molecular weight excluding hydrogens is 570 g/mol. The molecule has 1 aromatic carbocycles. The highest BCUT2D eigenvalue weighted by Gasteiger charge is 2.71. The van der Waals surface area contributed by atoms with Crippen molar-refractivity contribution in [1.29, 1.82) is 5.26 Å². The summed E-state index contributed by atoms with van der Waals surface area (Å²) in [5, 5.41) is 20.9. The van der Waals surface area contributed by atoms with Gasteiger partial charge < -0.3 is 15.0 Å². The van der Waals surface area contributed by atoms with Crippen molar-refractivity contribution in [1.82, 2.24) is 30.2 Å². The van der Waals surface area contributed by atoms with Crippen molar-refractivity contribution in [3.05, 3.63) is 60.2 Å². The molecule has 2 aromatic heterocycles. The van der Waals surface area contributed by atoms with E-state index in [4.69, 9.17) is 4.74 Å². The van der Waals surface area contributed by atoms with Crippen LogP contribution < -0.4 is 10.2 Å². The van der Waals surface area contributed by atoms with Crippen LogP contribution >= 0.6 is 12.4 Å². The minimum Gasteiger partial charge on any atom is -0.442 e. The number of fused-ring (bicyclic) bond motifs is 1. The van der Waals surface area contributed by atoms with E-state index in [-0.39, 0.29) is 66.1 Å². The first kappa shape index (κ1) is 28.0. The van der Waals surface area contributed by atoms with Crippen LogP contribution in [0.4, 0.5) is 19.3 Å². The number of carbonyl (C=O) groups excluding carboxylic acids is 2. The summed E-state index contributed by atoms with van der Waals surface area (Å²) in [4.78, 5) is 32.7. The maximum atomic E-state index is 15.3. The van der Waals surface area contributed by atoms with Crippen LogP contribution in [0.5, 0.6) is 0 Å². The number of aromatic nitrogens is 4. The Labute approximate surface area is 245 Å². The van der Waals surface area contributed by atoms with Crippen molar-refractivity contribution in [2.45, 2.75) is 36.9 Å². The third-order valence-electron chi connectivity index (χ3n) is 8.79. The predicted octanol–water partition coefficient (Wildman–Crippen LogP) is 2.67. The Kier molecular flexibility index (Phi) is 7.06. The van der Waals surface area contributed by atoms with Crippen molar-refractivity contribution in [3.63, 3.8) is 0 Å². The Balaban J connectivity index is 0.00000316. The van der Waals surface area contributed by atoms with E-state index in [0.29, 0.717) is 18.8 Å². The number of amides is 2. The number of nitrogens with one attached hydrogen (secondary N) is 1. The number of likely N-dealkylation sites (tertiary alicyclic amines) is 1. The number of hydrogen-bond donors (Lipinski definition) is 1. The van der Waals surface area contributed by atoms with Gasteiger partial charge >= 0.3 is 6.09 Å². The van der Waals surface area contributed by atoms with Gasteiger partial charge in [-0.15, -0.1) is 17.5 Å². The summed E-state index contributed by atoms with van der Waals surface area (Å²) in [5.74, 6) is -1.65. The molecular formula is C28H27ClF2N8O3. The van der Waals surface area contributed by atoms with Crippen molar-refractivity contribution in [2.24, 2.45) is 11.8 Å². The molecule has 1 saturated carbocycles. The van der Waals surface area contributed by atoms with E-state index in [9.17, 15) is 14.9 Å². The van der Waals surface area contributed by atoms with Gasteiger partial charge in [-0.1, -0.05) is 11.3 Å². The highest BCUT2D eigenvalue weighted by Crippen LogP contribution is 2.62. The lowest BCUT2D eigenvalue weighted by Gasteiger charge is -2.25. The fourth-order valence-electron chi connectivity index (χ4n) is 6.67. The molecule has 4 atom stereocenters. The fraction of sp³-hybridized carbons (Fsp3) is 0.429. The van der Waals surface area contributed by atoms with E-state index in [2.05, 4.69) is 26.7 Å². The Morgan fingerprint density at radius 3 is 2.55 bits per heavy atom. The topological polar surface area (TPSA) is 129 Å². The minimum absolute atomic E-state index is 0. The number of pyridine rings is 1. The highest BCUT2D eigenvalue weighted by atomic mass is 35.5. The first-order valence-electron chi connectivity index (χ1n) is 13.6. The smallest absolute Gasteiger partial charge is 0.414 e. The van der Waals surface area contributed by atoms with Gasteiger partial charge in [0.25, 0.3) is 0 Å². The number of ether oxygens (including phenoxy) is 1. The lowest BCUT2D eigenvalue weighted by Crippen LogP contribution is -2.44. The molecule has 11 nitrogen and oxygen atoms in total. The van der Waals surface area contributed by atoms with Crippen LogP contribution in [0.1, 0.15) is 18.5 Å². The third-order valence-corrected chi connectivity index (χ3v) is 8.79. The van der Waals surface area contributed by atoms with Gasteiger partial charge in [-0.2, -0.15) is 5.26 Å². The second kappa shape index (κ2) is 10.6. The first-order valence-corrected chi connectivity index (χ1v) is 13.6. The Bertz CT molecular complexity index is 1520. The normalized spacial score (nSPS) is 27.8. The predicted molar refractivity (Wildman–Crippen MR) is 146 cm³/mol. The van der Waals surface area contributed by atoms with Crippen LogP contribution in [0.2, 0.25) is 0 Å². The van der Waals surface area contributed by atoms with Crippen LogP contribution in [-0.2, 0) is 21.5 Å². The van der Waals surface area contributed by atoms with E-state index in [1.807, 2.05) is 4.90 Å². The molecule has 3 saturated heterocycles. The maximum Gasteiger partial charge on any atom is 0.414 e. The zero-order valence-electron chi connectivity index (χ0n) is 22.3. The van der Waals surface area contributed by atoms with Gasteiger partial charge in [-0.05, 0) is 37.6 Å². The lowest BCUT2D eigenvalue weighted by atomic mass is 9.95. The SMILES string of the molecule is Cl.N#CC1(c2ccc(-c3c(F)cc(N4C[C@H](Cn5ccnn5)OC4=O)cc3F)cn2)C2CN(C(=O)[C@@H]3CCCN3)CC21. The molecule has 4 aliphatic rings. The number of cyclic esters (lactones) is 1. The number of benzene rings is 1. The molecule has 3 aliphatic heterocycles. The van der Waals surface area contributed by atoms with Crippen molar-refractivity contribution >= 4 is 30.1 Å². The monoisotopic (exact) mass is 596 g/mol. The van der Waals surface area contributed by atoms with Crippen LogP contribution in [0.3, 0.4) is 0 Å². The molecule has 2 amide bonds. The fourth-order valence-corrected chi connectivity index (χ4v) is 6.67. The Morgan fingerprint density at radius 1 is 1.19 bits per heavy atom. The number of hydrogen-bond acceptors (Lipinski definition) is 8. The maximum absolute atomic E-state index is 15.3. The molecule has 42 heavy (non-hydrogen) atoms. The van der Waals surface area contributed by atoms with Gasteiger partial charge in [0.05, 0.1) is 48.3 Å². The van der Waals surface area contributed by atoms with Crippen molar-refractivity contribution < 1.29 is 23.1 Å². The van der Waals surface area contributed by atoms with Gasteiger partial charge in [0, 0.05) is 42.9 Å². The first-order chi connectivity index (χ1) is 19.9. The molecule has 0 bridgehead atoms. The zero-order chi connectivity index (χ0) is 28.3. The standard InChI is InChI=1S/C28H26F2N8O3.ClH/c29-21-8-17(38-12-18(41-27(38)40)11-37-7-6-34-35-37)9-22(30)25(21)16-3-4-24(33-10-16)28(15-31)19-13-36(14-20(19)28)26(39)23-2-1-5-32-23;/h3-4,6-10,18-20,23,32H,1-2,5,11-14H2;1H/t18-,19?,20?,23-,28?;/m0./s1. The highest BCUT2D eigenvalue weighted by molar-refractivity contribution is 5.90. The van der Waals surface area contributed by atoms with E-state index in [0.717, 1.165) is 31.5 Å². The molecule has 7 rings (SSSR count). The van der Waals surface area contributed by atoms with Crippen LogP contribution in [0.15, 0.2) is 42.9 Å². The van der Waals surface area contributed by atoms with Crippen LogP contribution in [-0.4, -0.2) is 75.2 Å². The lowest BCUT2D eigenvalue weighted by molar-refractivity contribution is -0.132. The zero-order valence-corrected chi connectivity index (χ0v) is 23.1. The van der Waals surface area contributed by atoms with E-state index in [1.165, 1.54) is 22.0 Å². The quantitative estimate of drug-likeness (QED) is 0.460. The minimum atomic E-state index is -0.852. The molecule has 14 heteroatoms. The summed E-state index contributed by atoms with van der Waals surface area (Å²) in [7, 11) is 0. The second-order valence-electron chi connectivity index (χ2n) is 11.0. The molecule has 0 spiro atoms. The average molecular weight is 597 g/mol. The number of carbonyl (C=O) groups is 2. The number of anilines is 1. The number of nitriles is 1. The van der Waals surface area contributed by atoms with Gasteiger partial charge in [0.1, 0.15) is 23.2 Å². The molecule has 1 aliphatic carbocycles. The average Bonchev–Trinajstić information content (AvgIpc) is 3.65. The second-order valence-corrected chi connectivity index (χ2v) is 11.0. The van der Waals surface area contributed by atoms with Gasteiger partial charge in [-0.3, -0.25) is 14.7 Å². The molecule has 0 radical (unpaired) electrons. The molecule has 5 heterocycles. The number of rotatable bonds is 6. The molecule has 218 valence electrons. The number of piperidine rings is 1. The molecule has 2 unspecified atom stereocenters. The van der Waals surface area contributed by atoms with E-state index in [1.54, 1.807) is 18.3 Å². The summed E-state index contributed by atoms with van der Waals surface area (Å²) < 4.78 is 37.4. The summed E-state index contributed by atoms with van der Waals surface area (Å²) in [6.07, 6.45) is 5.06. The summed E-state index contributed by atoms with van der Waals surface area (Å²) in [6.45, 7) is 2.22. The van der Waals surface area contributed by atoms with E-state index < -0.39 is 29.2 Å². The van der Waals surface area contributed by atoms with Crippen molar-refractivity contribution in [2.75, 3.05) is 31.1 Å². The molecule has 4 fully saturated rings. The van der Waals surface area contributed by atoms with Gasteiger partial charge in [0.15, 0.2) is 0 Å². The van der Waals surface area contributed by atoms with Crippen LogP contribution in [0, 0.1) is 34.8 Å². The molecule has 3 aromatic rings. The summed E-state index contributed by atoms with van der Waals surface area (Å²) >= 11 is 0. The van der Waals surface area contributed by atoms with E-state index >= 15 is 8.78 Å². The number of halogens is 3. The summed E-state index contributed by atoms with van der Waals surface area (Å²) in [6, 6.07) is 7.66.